The maximum Gasteiger partial charge on any atom is 0.243 e. The molecule has 2 rings (SSSR count). The second-order valence-electron chi connectivity index (χ2n) is 5.36. The maximum absolute atomic E-state index is 12.6. The fourth-order valence-corrected chi connectivity index (χ4v) is 4.51. The van der Waals surface area contributed by atoms with E-state index in [1.54, 1.807) is 6.92 Å². The van der Waals surface area contributed by atoms with Gasteiger partial charge in [-0.15, -0.1) is 0 Å². The first-order valence-corrected chi connectivity index (χ1v) is 8.59. The van der Waals surface area contributed by atoms with Gasteiger partial charge in [-0.1, -0.05) is 23.2 Å². The van der Waals surface area contributed by atoms with Gasteiger partial charge < -0.3 is 5.11 Å². The van der Waals surface area contributed by atoms with Gasteiger partial charge in [0.1, 0.15) is 0 Å². The first-order valence-electron chi connectivity index (χ1n) is 6.39. The maximum atomic E-state index is 12.6. The summed E-state index contributed by atoms with van der Waals surface area (Å²) in [7, 11) is -3.63. The zero-order valence-corrected chi connectivity index (χ0v) is 13.5. The zero-order valence-electron chi connectivity index (χ0n) is 11.1. The second kappa shape index (κ2) is 5.81. The van der Waals surface area contributed by atoms with Crippen LogP contribution in [0.3, 0.4) is 0 Å². The van der Waals surface area contributed by atoms with Crippen molar-refractivity contribution in [3.8, 4) is 0 Å². The second-order valence-corrected chi connectivity index (χ2v) is 8.17. The molecule has 112 valence electrons. The number of hydrogen-bond acceptors (Lipinski definition) is 3. The summed E-state index contributed by atoms with van der Waals surface area (Å²) in [6, 6.07) is 4.28. The molecule has 0 spiro atoms. The van der Waals surface area contributed by atoms with Crippen LogP contribution in [0.2, 0.25) is 10.0 Å². The van der Waals surface area contributed by atoms with Gasteiger partial charge in [-0.2, -0.15) is 4.31 Å². The smallest absolute Gasteiger partial charge is 0.243 e. The highest BCUT2D eigenvalue weighted by molar-refractivity contribution is 7.89. The predicted molar refractivity (Wildman–Crippen MR) is 79.7 cm³/mol. The van der Waals surface area contributed by atoms with Crippen LogP contribution < -0.4 is 0 Å². The van der Waals surface area contributed by atoms with Crippen molar-refractivity contribution < 1.29 is 13.5 Å². The van der Waals surface area contributed by atoms with Crippen LogP contribution in [0, 0.1) is 0 Å². The molecule has 1 saturated heterocycles. The molecule has 1 aromatic rings. The molecular formula is C13H17Cl2NO3S. The van der Waals surface area contributed by atoms with E-state index >= 15 is 0 Å². The van der Waals surface area contributed by atoms with Gasteiger partial charge in [-0.05, 0) is 44.4 Å². The SMILES string of the molecule is CC1(O)CCCN(S(=O)(=O)c2cc(Cl)cc(Cl)c2)CC1. The van der Waals surface area contributed by atoms with Crippen molar-refractivity contribution in [3.63, 3.8) is 0 Å². The molecule has 4 nitrogen and oxygen atoms in total. The van der Waals surface area contributed by atoms with Crippen molar-refractivity contribution in [2.45, 2.75) is 36.7 Å². The summed E-state index contributed by atoms with van der Waals surface area (Å²) in [6.07, 6.45) is 1.64. The average Bonchev–Trinajstić information content (AvgIpc) is 2.49. The van der Waals surface area contributed by atoms with Crippen LogP contribution in [0.15, 0.2) is 23.1 Å². The predicted octanol–water partition coefficient (Wildman–Crippen LogP) is 2.92. The lowest BCUT2D eigenvalue weighted by Crippen LogP contribution is -2.33. The highest BCUT2D eigenvalue weighted by Gasteiger charge is 2.31. The highest BCUT2D eigenvalue weighted by atomic mass is 35.5. The van der Waals surface area contributed by atoms with Gasteiger partial charge in [0.15, 0.2) is 0 Å². The molecule has 0 bridgehead atoms. The van der Waals surface area contributed by atoms with E-state index in [0.717, 1.165) is 0 Å². The summed E-state index contributed by atoms with van der Waals surface area (Å²) in [5.74, 6) is 0. The zero-order chi connectivity index (χ0) is 15.0. The van der Waals surface area contributed by atoms with E-state index in [0.29, 0.717) is 32.4 Å². The Labute approximate surface area is 129 Å². The first kappa shape index (κ1) is 16.0. The van der Waals surface area contributed by atoms with Crippen LogP contribution in [-0.4, -0.2) is 36.5 Å². The van der Waals surface area contributed by atoms with Crippen LogP contribution in [-0.2, 0) is 10.0 Å². The van der Waals surface area contributed by atoms with E-state index in [1.807, 2.05) is 0 Å². The molecule has 1 heterocycles. The van der Waals surface area contributed by atoms with Crippen LogP contribution >= 0.6 is 23.2 Å². The topological polar surface area (TPSA) is 57.6 Å². The largest absolute Gasteiger partial charge is 0.390 e. The number of benzene rings is 1. The molecule has 1 unspecified atom stereocenters. The van der Waals surface area contributed by atoms with Gasteiger partial charge in [-0.3, -0.25) is 0 Å². The van der Waals surface area contributed by atoms with Crippen LogP contribution in [0.5, 0.6) is 0 Å². The Kier molecular flexibility index (Phi) is 4.66. The quantitative estimate of drug-likeness (QED) is 0.902. The number of halogens is 2. The Morgan fingerprint density at radius 2 is 1.75 bits per heavy atom. The van der Waals surface area contributed by atoms with Crippen molar-refractivity contribution in [1.82, 2.24) is 4.31 Å². The molecule has 1 atom stereocenters. The number of nitrogens with zero attached hydrogens (tertiary/aromatic N) is 1. The number of sulfonamides is 1. The number of rotatable bonds is 2. The van der Waals surface area contributed by atoms with Gasteiger partial charge in [-0.25, -0.2) is 8.42 Å². The Bertz CT molecular complexity index is 581. The van der Waals surface area contributed by atoms with Crippen LogP contribution in [0.4, 0.5) is 0 Å². The Morgan fingerprint density at radius 1 is 1.15 bits per heavy atom. The summed E-state index contributed by atoms with van der Waals surface area (Å²) in [5.41, 5.74) is -0.809. The molecule has 20 heavy (non-hydrogen) atoms. The molecule has 1 N–H and O–H groups in total. The summed E-state index contributed by atoms with van der Waals surface area (Å²) in [6.45, 7) is 2.42. The summed E-state index contributed by atoms with van der Waals surface area (Å²) < 4.78 is 26.6. The summed E-state index contributed by atoms with van der Waals surface area (Å²) in [5, 5.41) is 10.6. The molecule has 1 aliphatic heterocycles. The normalized spacial score (nSPS) is 25.4. The molecule has 0 aliphatic carbocycles. The molecule has 1 aliphatic rings. The van der Waals surface area contributed by atoms with Crippen molar-refractivity contribution in [3.05, 3.63) is 28.2 Å². The minimum Gasteiger partial charge on any atom is -0.390 e. The fourth-order valence-electron chi connectivity index (χ4n) is 2.31. The molecular weight excluding hydrogens is 321 g/mol. The third-order valence-corrected chi connectivity index (χ3v) is 5.81. The van der Waals surface area contributed by atoms with Crippen molar-refractivity contribution in [2.75, 3.05) is 13.1 Å². The molecule has 1 aromatic carbocycles. The van der Waals surface area contributed by atoms with Gasteiger partial charge >= 0.3 is 0 Å². The molecule has 1 fully saturated rings. The minimum atomic E-state index is -3.63. The van der Waals surface area contributed by atoms with E-state index in [1.165, 1.54) is 22.5 Å². The van der Waals surface area contributed by atoms with Gasteiger partial charge in [0, 0.05) is 23.1 Å². The van der Waals surface area contributed by atoms with E-state index in [9.17, 15) is 13.5 Å². The minimum absolute atomic E-state index is 0.0940. The monoisotopic (exact) mass is 337 g/mol. The molecule has 0 saturated carbocycles. The Balaban J connectivity index is 2.30. The summed E-state index contributed by atoms with van der Waals surface area (Å²) in [4.78, 5) is 0.0940. The standard InChI is InChI=1S/C13H17Cl2NO3S/c1-13(17)3-2-5-16(6-4-13)20(18,19)12-8-10(14)7-11(15)9-12/h7-9,17H,2-6H2,1H3. The summed E-state index contributed by atoms with van der Waals surface area (Å²) >= 11 is 11.7. The lowest BCUT2D eigenvalue weighted by Gasteiger charge is -2.22. The number of hydrogen-bond donors (Lipinski definition) is 1. The van der Waals surface area contributed by atoms with Gasteiger partial charge in [0.25, 0.3) is 0 Å². The lowest BCUT2D eigenvalue weighted by atomic mass is 9.98. The highest BCUT2D eigenvalue weighted by Crippen LogP contribution is 2.28. The van der Waals surface area contributed by atoms with E-state index in [2.05, 4.69) is 0 Å². The average molecular weight is 338 g/mol. The van der Waals surface area contributed by atoms with Crippen molar-refractivity contribution >= 4 is 33.2 Å². The van der Waals surface area contributed by atoms with Gasteiger partial charge in [0.05, 0.1) is 10.5 Å². The lowest BCUT2D eigenvalue weighted by molar-refractivity contribution is 0.0465. The van der Waals surface area contributed by atoms with Crippen LogP contribution in [0.25, 0.3) is 0 Å². The van der Waals surface area contributed by atoms with Gasteiger partial charge in [0.2, 0.25) is 10.0 Å². The third-order valence-electron chi connectivity index (χ3n) is 3.50. The van der Waals surface area contributed by atoms with E-state index in [4.69, 9.17) is 23.2 Å². The Morgan fingerprint density at radius 3 is 2.35 bits per heavy atom. The van der Waals surface area contributed by atoms with E-state index < -0.39 is 15.6 Å². The third kappa shape index (κ3) is 3.65. The van der Waals surface area contributed by atoms with E-state index in [-0.39, 0.29) is 14.9 Å². The van der Waals surface area contributed by atoms with Crippen molar-refractivity contribution in [1.29, 1.82) is 0 Å². The molecule has 0 amide bonds. The molecule has 0 radical (unpaired) electrons. The van der Waals surface area contributed by atoms with Crippen LogP contribution in [0.1, 0.15) is 26.2 Å². The fraction of sp³-hybridized carbons (Fsp3) is 0.538. The van der Waals surface area contributed by atoms with Crippen molar-refractivity contribution in [2.24, 2.45) is 0 Å². The number of aliphatic hydroxyl groups is 1. The first-order chi connectivity index (χ1) is 9.21. The molecule has 7 heteroatoms. The Hall–Kier alpha value is -0.330. The molecule has 0 aromatic heterocycles.